The van der Waals surface area contributed by atoms with Gasteiger partial charge in [0, 0.05) is 0 Å². The van der Waals surface area contributed by atoms with Crippen molar-refractivity contribution in [3.05, 3.63) is 71.3 Å². The Morgan fingerprint density at radius 1 is 0.636 bits per heavy atom. The maximum Gasteiger partial charge on any atom is 0.0994 e. The molecule has 1 nitrogen and oxygen atoms in total. The van der Waals surface area contributed by atoms with Crippen LogP contribution in [0.25, 0.3) is 0 Å². The second kappa shape index (κ2) is 9.79. The number of aryl methyl sites for hydroxylation is 2. The van der Waals surface area contributed by atoms with E-state index in [-0.39, 0.29) is 0 Å². The minimum atomic E-state index is 0.838. The van der Waals surface area contributed by atoms with Crippen molar-refractivity contribution < 1.29 is 0 Å². The van der Waals surface area contributed by atoms with Crippen LogP contribution < -0.4 is 0 Å². The van der Waals surface area contributed by atoms with Gasteiger partial charge in [-0.05, 0) is 42.9 Å². The third-order valence-corrected chi connectivity index (χ3v) is 4.14. The molecule has 0 saturated heterocycles. The molecule has 0 bridgehead atoms. The second-order valence-corrected chi connectivity index (χ2v) is 5.88. The summed E-state index contributed by atoms with van der Waals surface area (Å²) in [5.74, 6) is 0. The van der Waals surface area contributed by atoms with Crippen molar-refractivity contribution in [2.75, 3.05) is 0 Å². The predicted molar refractivity (Wildman–Crippen MR) is 92.7 cm³/mol. The van der Waals surface area contributed by atoms with E-state index >= 15 is 0 Å². The van der Waals surface area contributed by atoms with E-state index in [1.54, 1.807) is 0 Å². The monoisotopic (exact) mass is 291 g/mol. The lowest BCUT2D eigenvalue weighted by Crippen LogP contribution is -1.91. The van der Waals surface area contributed by atoms with Crippen molar-refractivity contribution in [3.8, 4) is 6.07 Å². The summed E-state index contributed by atoms with van der Waals surface area (Å²) in [5.41, 5.74) is 3.50. The first kappa shape index (κ1) is 16.3. The SMILES string of the molecule is N#Cc1ccccc1CCCCCCCCc1ccccc1. The lowest BCUT2D eigenvalue weighted by molar-refractivity contribution is 0.593. The van der Waals surface area contributed by atoms with Gasteiger partial charge < -0.3 is 0 Å². The van der Waals surface area contributed by atoms with Gasteiger partial charge in [-0.1, -0.05) is 74.2 Å². The normalized spacial score (nSPS) is 10.3. The fourth-order valence-electron chi connectivity index (χ4n) is 2.84. The van der Waals surface area contributed by atoms with E-state index in [0.29, 0.717) is 0 Å². The molecule has 2 rings (SSSR count). The van der Waals surface area contributed by atoms with Crippen LogP contribution in [0.4, 0.5) is 0 Å². The fraction of sp³-hybridized carbons (Fsp3) is 0.381. The molecule has 22 heavy (non-hydrogen) atoms. The zero-order valence-corrected chi connectivity index (χ0v) is 13.3. The van der Waals surface area contributed by atoms with Gasteiger partial charge in [-0.25, -0.2) is 0 Å². The molecular formula is C21H25N. The standard InChI is InChI=1S/C21H25N/c22-18-21-17-11-10-16-20(21)15-9-4-2-1-3-6-12-19-13-7-5-8-14-19/h5,7-8,10-11,13-14,16-17H,1-4,6,9,12,15H2. The van der Waals surface area contributed by atoms with Gasteiger partial charge >= 0.3 is 0 Å². The first-order chi connectivity index (χ1) is 10.9. The van der Waals surface area contributed by atoms with Crippen molar-refractivity contribution in [1.29, 1.82) is 5.26 Å². The Morgan fingerprint density at radius 3 is 1.95 bits per heavy atom. The highest BCUT2D eigenvalue weighted by molar-refractivity contribution is 5.37. The van der Waals surface area contributed by atoms with Crippen LogP contribution in [0.1, 0.15) is 55.2 Å². The molecule has 0 spiro atoms. The Labute approximate surface area is 134 Å². The average Bonchev–Trinajstić information content (AvgIpc) is 2.58. The molecule has 114 valence electrons. The number of nitriles is 1. The first-order valence-corrected chi connectivity index (χ1v) is 8.42. The molecule has 0 heterocycles. The van der Waals surface area contributed by atoms with Gasteiger partial charge in [0.1, 0.15) is 0 Å². The third kappa shape index (κ3) is 5.74. The molecule has 0 aliphatic carbocycles. The number of hydrogen-bond acceptors (Lipinski definition) is 1. The van der Waals surface area contributed by atoms with E-state index in [0.717, 1.165) is 12.0 Å². The molecule has 0 unspecified atom stereocenters. The zero-order chi connectivity index (χ0) is 15.5. The first-order valence-electron chi connectivity index (χ1n) is 8.42. The molecule has 0 aromatic heterocycles. The van der Waals surface area contributed by atoms with Crippen LogP contribution >= 0.6 is 0 Å². The van der Waals surface area contributed by atoms with E-state index in [2.05, 4.69) is 42.5 Å². The van der Waals surface area contributed by atoms with Gasteiger partial charge in [-0.15, -0.1) is 0 Å². The molecule has 0 saturated carbocycles. The van der Waals surface area contributed by atoms with Crippen LogP contribution in [0.5, 0.6) is 0 Å². The molecule has 0 fully saturated rings. The smallest absolute Gasteiger partial charge is 0.0994 e. The molecule has 0 amide bonds. The van der Waals surface area contributed by atoms with Crippen molar-refractivity contribution in [1.82, 2.24) is 0 Å². The quantitative estimate of drug-likeness (QED) is 0.545. The molecule has 0 N–H and O–H groups in total. The van der Waals surface area contributed by atoms with Gasteiger partial charge in [0.25, 0.3) is 0 Å². The Balaban J connectivity index is 1.52. The number of unbranched alkanes of at least 4 members (excludes halogenated alkanes) is 5. The Hall–Kier alpha value is -2.07. The summed E-state index contributed by atoms with van der Waals surface area (Å²) in [5, 5.41) is 9.06. The number of nitrogens with zero attached hydrogens (tertiary/aromatic N) is 1. The maximum atomic E-state index is 9.06. The van der Waals surface area contributed by atoms with Crippen LogP contribution in [0, 0.1) is 11.3 Å². The van der Waals surface area contributed by atoms with Gasteiger partial charge in [0.15, 0.2) is 0 Å². The van der Waals surface area contributed by atoms with Gasteiger partial charge in [-0.3, -0.25) is 0 Å². The van der Waals surface area contributed by atoms with E-state index in [9.17, 15) is 0 Å². The predicted octanol–water partition coefficient (Wildman–Crippen LogP) is 5.68. The lowest BCUT2D eigenvalue weighted by atomic mass is 10.0. The topological polar surface area (TPSA) is 23.8 Å². The van der Waals surface area contributed by atoms with Crippen LogP contribution in [-0.4, -0.2) is 0 Å². The number of hydrogen-bond donors (Lipinski definition) is 0. The fourth-order valence-corrected chi connectivity index (χ4v) is 2.84. The minimum Gasteiger partial charge on any atom is -0.192 e. The molecule has 0 aliphatic heterocycles. The summed E-state index contributed by atoms with van der Waals surface area (Å²) in [6, 6.07) is 21.0. The Morgan fingerprint density at radius 2 is 1.23 bits per heavy atom. The van der Waals surface area contributed by atoms with Crippen LogP contribution in [0.15, 0.2) is 54.6 Å². The molecule has 0 radical (unpaired) electrons. The zero-order valence-electron chi connectivity index (χ0n) is 13.3. The number of benzene rings is 2. The van der Waals surface area contributed by atoms with Crippen molar-refractivity contribution in [2.24, 2.45) is 0 Å². The Bertz CT molecular complexity index is 580. The second-order valence-electron chi connectivity index (χ2n) is 5.88. The average molecular weight is 291 g/mol. The highest BCUT2D eigenvalue weighted by Gasteiger charge is 2.00. The van der Waals surface area contributed by atoms with Crippen LogP contribution in [-0.2, 0) is 12.8 Å². The summed E-state index contributed by atoms with van der Waals surface area (Å²) in [4.78, 5) is 0. The third-order valence-electron chi connectivity index (χ3n) is 4.14. The van der Waals surface area contributed by atoms with Crippen molar-refractivity contribution in [2.45, 2.75) is 51.4 Å². The summed E-state index contributed by atoms with van der Waals surface area (Å²) in [7, 11) is 0. The summed E-state index contributed by atoms with van der Waals surface area (Å²) in [6.07, 6.45) is 9.95. The Kier molecular flexibility index (Phi) is 7.26. The molecule has 1 heteroatoms. The van der Waals surface area contributed by atoms with Crippen LogP contribution in [0.3, 0.4) is 0 Å². The molecule has 0 aliphatic rings. The number of rotatable bonds is 9. The van der Waals surface area contributed by atoms with Gasteiger partial charge in [0.05, 0.1) is 11.6 Å². The van der Waals surface area contributed by atoms with E-state index in [4.69, 9.17) is 5.26 Å². The van der Waals surface area contributed by atoms with E-state index < -0.39 is 0 Å². The van der Waals surface area contributed by atoms with E-state index in [1.165, 1.54) is 56.1 Å². The van der Waals surface area contributed by atoms with Crippen molar-refractivity contribution in [3.63, 3.8) is 0 Å². The molecule has 2 aromatic carbocycles. The van der Waals surface area contributed by atoms with Gasteiger partial charge in [0.2, 0.25) is 0 Å². The highest BCUT2D eigenvalue weighted by atomic mass is 14.2. The van der Waals surface area contributed by atoms with E-state index in [1.807, 2.05) is 18.2 Å². The summed E-state index contributed by atoms with van der Waals surface area (Å²) >= 11 is 0. The summed E-state index contributed by atoms with van der Waals surface area (Å²) in [6.45, 7) is 0. The molecule has 2 aromatic rings. The minimum absolute atomic E-state index is 0.838. The van der Waals surface area contributed by atoms with Gasteiger partial charge in [-0.2, -0.15) is 5.26 Å². The van der Waals surface area contributed by atoms with Crippen molar-refractivity contribution >= 4 is 0 Å². The van der Waals surface area contributed by atoms with Crippen LogP contribution in [0.2, 0.25) is 0 Å². The maximum absolute atomic E-state index is 9.06. The largest absolute Gasteiger partial charge is 0.192 e. The molecular weight excluding hydrogens is 266 g/mol. The highest BCUT2D eigenvalue weighted by Crippen LogP contribution is 2.14. The lowest BCUT2D eigenvalue weighted by Gasteiger charge is -2.04. The summed E-state index contributed by atoms with van der Waals surface area (Å²) < 4.78 is 0. The molecule has 0 atom stereocenters.